The van der Waals surface area contributed by atoms with Crippen LogP contribution in [-0.4, -0.2) is 4.98 Å². The molecule has 2 rings (SSSR count). The first kappa shape index (κ1) is 9.41. The number of nitrogens with zero attached hydrogens (tertiary/aromatic N) is 1. The molecule has 0 saturated heterocycles. The van der Waals surface area contributed by atoms with Gasteiger partial charge in [0.05, 0.1) is 5.69 Å². The second-order valence-electron chi connectivity index (χ2n) is 3.56. The molecule has 2 aromatic rings. The van der Waals surface area contributed by atoms with Gasteiger partial charge in [0.1, 0.15) is 0 Å². The van der Waals surface area contributed by atoms with Gasteiger partial charge in [-0.25, -0.2) is 4.98 Å². The molecule has 1 aromatic heterocycles. The molecule has 0 saturated carbocycles. The number of hydrogen-bond donors (Lipinski definition) is 0. The maximum absolute atomic E-state index is 4.19. The van der Waals surface area contributed by atoms with Crippen molar-refractivity contribution in [2.75, 3.05) is 0 Å². The van der Waals surface area contributed by atoms with E-state index in [9.17, 15) is 0 Å². The predicted octanol–water partition coefficient (Wildman–Crippen LogP) is 3.54. The summed E-state index contributed by atoms with van der Waals surface area (Å²) in [4.78, 5) is 4.19. The predicted molar refractivity (Wildman–Crippen MR) is 60.6 cm³/mol. The quantitative estimate of drug-likeness (QED) is 0.689. The molecule has 1 nitrogen and oxygen atoms in total. The van der Waals surface area contributed by atoms with Gasteiger partial charge in [-0.2, -0.15) is 0 Å². The number of benzene rings is 1. The second kappa shape index (κ2) is 3.54. The molecule has 0 amide bonds. The fourth-order valence-corrected chi connectivity index (χ4v) is 2.00. The fraction of sp³-hybridized carbons (Fsp3) is 0.250. The summed E-state index contributed by atoms with van der Waals surface area (Å²) in [6, 6.07) is 4.37. The highest BCUT2D eigenvalue weighted by Crippen LogP contribution is 2.24. The van der Waals surface area contributed by atoms with Crippen molar-refractivity contribution in [2.24, 2.45) is 0 Å². The summed E-state index contributed by atoms with van der Waals surface area (Å²) in [5.74, 6) is 0. The maximum atomic E-state index is 4.19. The van der Waals surface area contributed by atoms with Gasteiger partial charge in [-0.3, -0.25) is 0 Å². The normalized spacial score (nSPS) is 10.5. The van der Waals surface area contributed by atoms with Crippen molar-refractivity contribution in [1.29, 1.82) is 0 Å². The Morgan fingerprint density at radius 3 is 2.29 bits per heavy atom. The van der Waals surface area contributed by atoms with Crippen LogP contribution in [0.25, 0.3) is 11.3 Å². The maximum Gasteiger partial charge on any atom is 0.152 e. The third kappa shape index (κ3) is 1.58. The second-order valence-corrected chi connectivity index (χ2v) is 4.21. The standard InChI is InChI=1S/C12H12NS/c1-8-4-11(5-9(2)10(8)3)12-6-14-7-13-12/h4-6H,1-3H3. The van der Waals surface area contributed by atoms with Gasteiger partial charge in [0.25, 0.3) is 0 Å². The van der Waals surface area contributed by atoms with E-state index in [4.69, 9.17) is 0 Å². The van der Waals surface area contributed by atoms with Gasteiger partial charge in [0, 0.05) is 10.9 Å². The van der Waals surface area contributed by atoms with Crippen molar-refractivity contribution in [2.45, 2.75) is 20.8 Å². The fourth-order valence-electron chi connectivity index (χ4n) is 1.50. The lowest BCUT2D eigenvalue weighted by atomic mass is 9.99. The van der Waals surface area contributed by atoms with Crippen molar-refractivity contribution in [1.82, 2.24) is 4.98 Å². The Morgan fingerprint density at radius 2 is 1.79 bits per heavy atom. The van der Waals surface area contributed by atoms with Crippen molar-refractivity contribution in [3.05, 3.63) is 39.7 Å². The van der Waals surface area contributed by atoms with Crippen LogP contribution in [0.3, 0.4) is 0 Å². The van der Waals surface area contributed by atoms with Crippen LogP contribution < -0.4 is 0 Å². The number of aryl methyl sites for hydroxylation is 2. The first-order valence-electron chi connectivity index (χ1n) is 4.58. The van der Waals surface area contributed by atoms with E-state index in [1.54, 1.807) is 0 Å². The minimum atomic E-state index is 1.03. The average Bonchev–Trinajstić information content (AvgIpc) is 2.66. The van der Waals surface area contributed by atoms with Gasteiger partial charge >= 0.3 is 0 Å². The minimum Gasteiger partial charge on any atom is -0.233 e. The smallest absolute Gasteiger partial charge is 0.152 e. The zero-order valence-corrected chi connectivity index (χ0v) is 9.40. The molecule has 1 heterocycles. The molecule has 1 aromatic carbocycles. The number of hydrogen-bond acceptors (Lipinski definition) is 2. The molecule has 0 aliphatic heterocycles. The van der Waals surface area contributed by atoms with Crippen molar-refractivity contribution >= 4 is 11.3 Å². The number of thiazole rings is 1. The minimum absolute atomic E-state index is 1.03. The van der Waals surface area contributed by atoms with E-state index in [1.165, 1.54) is 33.6 Å². The highest BCUT2D eigenvalue weighted by atomic mass is 32.1. The summed E-state index contributed by atoms with van der Waals surface area (Å²) in [5.41, 5.74) is 9.12. The molecule has 0 aliphatic rings. The molecule has 71 valence electrons. The van der Waals surface area contributed by atoms with Crippen molar-refractivity contribution in [3.63, 3.8) is 0 Å². The molecule has 14 heavy (non-hydrogen) atoms. The molecule has 2 heteroatoms. The topological polar surface area (TPSA) is 12.9 Å². The van der Waals surface area contributed by atoms with Crippen molar-refractivity contribution in [3.8, 4) is 11.3 Å². The monoisotopic (exact) mass is 202 g/mol. The zero-order chi connectivity index (χ0) is 10.1. The lowest BCUT2D eigenvalue weighted by molar-refractivity contribution is 1.26. The Balaban J connectivity index is 2.57. The molecular weight excluding hydrogens is 190 g/mol. The van der Waals surface area contributed by atoms with E-state index in [-0.39, 0.29) is 0 Å². The van der Waals surface area contributed by atoms with Gasteiger partial charge in [-0.05, 0) is 49.6 Å². The summed E-state index contributed by atoms with van der Waals surface area (Å²) >= 11 is 1.51. The molecule has 0 aliphatic carbocycles. The lowest BCUT2D eigenvalue weighted by Gasteiger charge is -2.06. The summed E-state index contributed by atoms with van der Waals surface area (Å²) in [5, 5.41) is 2.03. The summed E-state index contributed by atoms with van der Waals surface area (Å²) in [7, 11) is 0. The number of rotatable bonds is 1. The van der Waals surface area contributed by atoms with Crippen molar-refractivity contribution < 1.29 is 0 Å². The van der Waals surface area contributed by atoms with E-state index in [2.05, 4.69) is 43.4 Å². The van der Waals surface area contributed by atoms with E-state index in [0.29, 0.717) is 0 Å². The summed E-state index contributed by atoms with van der Waals surface area (Å²) in [6.45, 7) is 6.44. The van der Waals surface area contributed by atoms with Crippen LogP contribution in [0.1, 0.15) is 16.7 Å². The first-order valence-corrected chi connectivity index (χ1v) is 5.46. The molecular formula is C12H12NS. The van der Waals surface area contributed by atoms with E-state index in [1.807, 2.05) is 5.38 Å². The van der Waals surface area contributed by atoms with Crippen LogP contribution in [0.4, 0.5) is 0 Å². The molecule has 0 N–H and O–H groups in total. The van der Waals surface area contributed by atoms with Crippen LogP contribution in [0.2, 0.25) is 0 Å². The van der Waals surface area contributed by atoms with E-state index < -0.39 is 0 Å². The Morgan fingerprint density at radius 1 is 1.14 bits per heavy atom. The van der Waals surface area contributed by atoms with Gasteiger partial charge in [0.15, 0.2) is 5.51 Å². The molecule has 0 fully saturated rings. The molecule has 0 bridgehead atoms. The van der Waals surface area contributed by atoms with Crippen LogP contribution in [0.15, 0.2) is 17.5 Å². The zero-order valence-electron chi connectivity index (χ0n) is 8.59. The van der Waals surface area contributed by atoms with Crippen LogP contribution in [0.5, 0.6) is 0 Å². The third-order valence-corrected chi connectivity index (χ3v) is 3.15. The Hall–Kier alpha value is -1.15. The van der Waals surface area contributed by atoms with Gasteiger partial charge in [0.2, 0.25) is 0 Å². The SMILES string of the molecule is Cc1cc(-c2cs[c]n2)cc(C)c1C. The average molecular weight is 202 g/mol. The molecule has 0 unspecified atom stereocenters. The molecule has 0 spiro atoms. The first-order chi connectivity index (χ1) is 6.68. The molecule has 1 radical (unpaired) electrons. The largest absolute Gasteiger partial charge is 0.233 e. The van der Waals surface area contributed by atoms with Gasteiger partial charge < -0.3 is 0 Å². The van der Waals surface area contributed by atoms with Crippen LogP contribution >= 0.6 is 11.3 Å². The van der Waals surface area contributed by atoms with E-state index >= 15 is 0 Å². The van der Waals surface area contributed by atoms with Gasteiger partial charge in [-0.15, -0.1) is 11.3 Å². The van der Waals surface area contributed by atoms with Gasteiger partial charge in [-0.1, -0.05) is 0 Å². The summed E-state index contributed by atoms with van der Waals surface area (Å²) < 4.78 is 0. The third-order valence-electron chi connectivity index (χ3n) is 2.61. The summed E-state index contributed by atoms with van der Waals surface area (Å²) in [6.07, 6.45) is 0. The number of aromatic nitrogens is 1. The van der Waals surface area contributed by atoms with Crippen LogP contribution in [0, 0.1) is 26.3 Å². The highest BCUT2D eigenvalue weighted by molar-refractivity contribution is 7.07. The molecule has 0 atom stereocenters. The Kier molecular flexibility index (Phi) is 2.38. The highest BCUT2D eigenvalue weighted by Gasteiger charge is 2.04. The Labute approximate surface area is 88.4 Å². The lowest BCUT2D eigenvalue weighted by Crippen LogP contribution is -1.88. The van der Waals surface area contributed by atoms with Crippen LogP contribution in [-0.2, 0) is 0 Å². The van der Waals surface area contributed by atoms with E-state index in [0.717, 1.165) is 5.69 Å². The Bertz CT molecular complexity index is 420.